The number of ether oxygens (including phenoxy) is 1. The Kier molecular flexibility index (Phi) is 8.10. The first kappa shape index (κ1) is 28.3. The lowest BCUT2D eigenvalue weighted by Crippen LogP contribution is -2.41. The van der Waals surface area contributed by atoms with Crippen molar-refractivity contribution in [2.75, 3.05) is 17.2 Å². The van der Waals surface area contributed by atoms with Gasteiger partial charge in [-0.15, -0.1) is 0 Å². The molecule has 10 nitrogen and oxygen atoms in total. The van der Waals surface area contributed by atoms with Crippen molar-refractivity contribution in [2.45, 2.75) is 70.6 Å². The first-order valence-corrected chi connectivity index (χ1v) is 14.6. The first-order valence-electron chi connectivity index (χ1n) is 13.1. The topological polar surface area (TPSA) is 140 Å². The number of nitrogen functional groups attached to an aromatic ring is 1. The maximum absolute atomic E-state index is 13.4. The van der Waals surface area contributed by atoms with Gasteiger partial charge >= 0.3 is 0 Å². The standard InChI is InChI=1S/C28H36N6O4S.H2/c1-6-20(7-2)38-24-14-11-19(16-30-24)22-13-12-21(26(31-22)34-17-18(3)15-28(34,4)5)27(35)33-39(36,37)25-10-8-9-23(29)32-25;/h8-14,16,18,20H,6-7,15,17H2,1-5H3,(H2,29,32)(H,33,35);1H. The van der Waals surface area contributed by atoms with Crippen molar-refractivity contribution in [3.63, 3.8) is 0 Å². The summed E-state index contributed by atoms with van der Waals surface area (Å²) < 4.78 is 33.9. The molecule has 3 aromatic rings. The molecule has 1 aliphatic heterocycles. The van der Waals surface area contributed by atoms with E-state index in [9.17, 15) is 13.2 Å². The van der Waals surface area contributed by atoms with Crippen molar-refractivity contribution in [1.82, 2.24) is 19.7 Å². The van der Waals surface area contributed by atoms with Crippen LogP contribution in [-0.4, -0.2) is 47.5 Å². The van der Waals surface area contributed by atoms with Gasteiger partial charge in [-0.3, -0.25) is 4.79 Å². The number of anilines is 2. The van der Waals surface area contributed by atoms with Crippen LogP contribution in [0.5, 0.6) is 5.88 Å². The molecule has 1 amide bonds. The van der Waals surface area contributed by atoms with Crippen molar-refractivity contribution >= 4 is 27.6 Å². The second-order valence-electron chi connectivity index (χ2n) is 10.6. The van der Waals surface area contributed by atoms with Gasteiger partial charge in [0.2, 0.25) is 5.88 Å². The molecular formula is C28H38N6O4S. The van der Waals surface area contributed by atoms with Crippen LogP contribution in [0.2, 0.25) is 0 Å². The van der Waals surface area contributed by atoms with Crippen LogP contribution < -0.4 is 20.1 Å². The van der Waals surface area contributed by atoms with Gasteiger partial charge in [0, 0.05) is 31.3 Å². The Bertz CT molecular complexity index is 1450. The SMILES string of the molecule is CCC(CC)Oc1ccc(-c2ccc(C(=O)NS(=O)(=O)c3cccc(N)n3)c(N3CC(C)CC3(C)C)n2)cn1.[HH]. The van der Waals surface area contributed by atoms with Gasteiger partial charge < -0.3 is 15.4 Å². The van der Waals surface area contributed by atoms with Crippen LogP contribution in [0, 0.1) is 5.92 Å². The van der Waals surface area contributed by atoms with Crippen LogP contribution in [-0.2, 0) is 10.0 Å². The number of hydrogen-bond donors (Lipinski definition) is 2. The van der Waals surface area contributed by atoms with E-state index in [0.29, 0.717) is 29.9 Å². The van der Waals surface area contributed by atoms with E-state index in [1.54, 1.807) is 18.3 Å². The Hall–Kier alpha value is -3.73. The summed E-state index contributed by atoms with van der Waals surface area (Å²) in [4.78, 5) is 28.6. The van der Waals surface area contributed by atoms with Gasteiger partial charge in [0.1, 0.15) is 11.6 Å². The van der Waals surface area contributed by atoms with Crippen LogP contribution in [0.25, 0.3) is 11.3 Å². The first-order chi connectivity index (χ1) is 18.4. The summed E-state index contributed by atoms with van der Waals surface area (Å²) in [6, 6.07) is 11.2. The molecule has 1 fully saturated rings. The van der Waals surface area contributed by atoms with Crippen LogP contribution in [0.1, 0.15) is 65.7 Å². The lowest BCUT2D eigenvalue weighted by Gasteiger charge is -2.34. The highest BCUT2D eigenvalue weighted by molar-refractivity contribution is 7.90. The van der Waals surface area contributed by atoms with E-state index in [1.807, 2.05) is 12.1 Å². The van der Waals surface area contributed by atoms with Crippen LogP contribution >= 0.6 is 0 Å². The Morgan fingerprint density at radius 1 is 1.18 bits per heavy atom. The van der Waals surface area contributed by atoms with Gasteiger partial charge in [0.15, 0.2) is 5.03 Å². The quantitative estimate of drug-likeness (QED) is 0.386. The summed E-state index contributed by atoms with van der Waals surface area (Å²) in [5.41, 5.74) is 6.87. The van der Waals surface area contributed by atoms with Crippen LogP contribution in [0.4, 0.5) is 11.6 Å². The van der Waals surface area contributed by atoms with Crippen LogP contribution in [0.15, 0.2) is 53.7 Å². The van der Waals surface area contributed by atoms with E-state index in [-0.39, 0.29) is 29.5 Å². The third kappa shape index (κ3) is 6.30. The average molecular weight is 555 g/mol. The molecule has 0 spiro atoms. The number of hydrogen-bond acceptors (Lipinski definition) is 9. The van der Waals surface area contributed by atoms with E-state index in [2.05, 4.69) is 54.2 Å². The molecule has 1 unspecified atom stereocenters. The van der Waals surface area contributed by atoms with Gasteiger partial charge in [-0.1, -0.05) is 26.8 Å². The van der Waals surface area contributed by atoms with E-state index < -0.39 is 15.9 Å². The fourth-order valence-electron chi connectivity index (χ4n) is 4.99. The molecule has 1 saturated heterocycles. The molecule has 0 aromatic carbocycles. The lowest BCUT2D eigenvalue weighted by molar-refractivity contribution is 0.0981. The highest BCUT2D eigenvalue weighted by Crippen LogP contribution is 2.38. The normalized spacial score (nSPS) is 16.9. The minimum Gasteiger partial charge on any atom is -0.474 e. The van der Waals surface area contributed by atoms with E-state index >= 15 is 0 Å². The van der Waals surface area contributed by atoms with Crippen LogP contribution in [0.3, 0.4) is 0 Å². The van der Waals surface area contributed by atoms with Gasteiger partial charge in [-0.05, 0) is 69.4 Å². The second-order valence-corrected chi connectivity index (χ2v) is 12.2. The zero-order valence-corrected chi connectivity index (χ0v) is 23.8. The number of nitrogens with one attached hydrogen (secondary N) is 1. The molecular weight excluding hydrogens is 516 g/mol. The molecule has 3 aromatic heterocycles. The summed E-state index contributed by atoms with van der Waals surface area (Å²) in [5, 5.41) is -0.334. The average Bonchev–Trinajstić information content (AvgIpc) is 3.18. The highest BCUT2D eigenvalue weighted by Gasteiger charge is 2.39. The van der Waals surface area contributed by atoms with E-state index in [0.717, 1.165) is 24.8 Å². The fraction of sp³-hybridized carbons (Fsp3) is 0.429. The van der Waals surface area contributed by atoms with Crippen molar-refractivity contribution in [2.24, 2.45) is 5.92 Å². The number of carbonyl (C=O) groups excluding carboxylic acids is 1. The molecule has 39 heavy (non-hydrogen) atoms. The molecule has 11 heteroatoms. The molecule has 4 heterocycles. The zero-order chi connectivity index (χ0) is 28.4. The molecule has 0 radical (unpaired) electrons. The smallest absolute Gasteiger partial charge is 0.281 e. The Morgan fingerprint density at radius 2 is 1.92 bits per heavy atom. The number of carbonyl (C=O) groups is 1. The summed E-state index contributed by atoms with van der Waals surface area (Å²) >= 11 is 0. The highest BCUT2D eigenvalue weighted by atomic mass is 32.2. The van der Waals surface area contributed by atoms with Crippen molar-refractivity contribution in [3.8, 4) is 17.1 Å². The van der Waals surface area contributed by atoms with Crippen molar-refractivity contribution < 1.29 is 19.4 Å². The molecule has 0 aliphatic carbocycles. The number of aromatic nitrogens is 3. The number of pyridine rings is 3. The summed E-state index contributed by atoms with van der Waals surface area (Å²) in [5.74, 6) is 0.557. The van der Waals surface area contributed by atoms with Crippen molar-refractivity contribution in [1.29, 1.82) is 0 Å². The van der Waals surface area contributed by atoms with Gasteiger partial charge in [-0.2, -0.15) is 8.42 Å². The second kappa shape index (κ2) is 11.2. The summed E-state index contributed by atoms with van der Waals surface area (Å²) in [7, 11) is -4.25. The predicted octanol–water partition coefficient (Wildman–Crippen LogP) is 4.68. The minimum absolute atomic E-state index is 0. The summed E-state index contributed by atoms with van der Waals surface area (Å²) in [6.45, 7) is 11.1. The maximum atomic E-state index is 13.4. The third-order valence-electron chi connectivity index (χ3n) is 6.93. The van der Waals surface area contributed by atoms with Gasteiger partial charge in [-0.25, -0.2) is 19.7 Å². The molecule has 0 saturated carbocycles. The monoisotopic (exact) mass is 554 g/mol. The molecule has 210 valence electrons. The minimum atomic E-state index is -4.25. The Morgan fingerprint density at radius 3 is 2.51 bits per heavy atom. The number of amides is 1. The maximum Gasteiger partial charge on any atom is 0.281 e. The number of nitrogens with zero attached hydrogens (tertiary/aromatic N) is 4. The number of nitrogens with two attached hydrogens (primary N) is 1. The predicted molar refractivity (Wildman–Crippen MR) is 153 cm³/mol. The van der Waals surface area contributed by atoms with Crippen molar-refractivity contribution in [3.05, 3.63) is 54.2 Å². The fourth-order valence-corrected chi connectivity index (χ4v) is 5.93. The molecule has 1 aliphatic rings. The summed E-state index contributed by atoms with van der Waals surface area (Å²) in [6.07, 6.45) is 4.47. The van der Waals surface area contributed by atoms with Gasteiger partial charge in [0.05, 0.1) is 17.4 Å². The van der Waals surface area contributed by atoms with E-state index in [1.165, 1.54) is 18.2 Å². The molecule has 0 bridgehead atoms. The third-order valence-corrected chi connectivity index (χ3v) is 8.16. The number of rotatable bonds is 9. The molecule has 1 atom stereocenters. The molecule has 4 rings (SSSR count). The largest absolute Gasteiger partial charge is 0.474 e. The van der Waals surface area contributed by atoms with Gasteiger partial charge in [0.25, 0.3) is 15.9 Å². The Labute approximate surface area is 231 Å². The lowest BCUT2D eigenvalue weighted by atomic mass is 9.97. The van der Waals surface area contributed by atoms with E-state index in [4.69, 9.17) is 15.5 Å². The molecule has 3 N–H and O–H groups in total. The Balaban J connectivity index is 0.00000441. The number of sulfonamides is 1. The zero-order valence-electron chi connectivity index (χ0n) is 23.0.